The van der Waals surface area contributed by atoms with E-state index in [2.05, 4.69) is 34.3 Å². The van der Waals surface area contributed by atoms with Crippen molar-refractivity contribution in [3.63, 3.8) is 0 Å². The summed E-state index contributed by atoms with van der Waals surface area (Å²) >= 11 is 0. The predicted molar refractivity (Wildman–Crippen MR) is 162 cm³/mol. The molecule has 3 aliphatic heterocycles. The summed E-state index contributed by atoms with van der Waals surface area (Å²) in [6.07, 6.45) is 5.65. The van der Waals surface area contributed by atoms with Crippen molar-refractivity contribution < 1.29 is 19.5 Å². The van der Waals surface area contributed by atoms with E-state index in [4.69, 9.17) is 9.57 Å². The second-order valence-electron chi connectivity index (χ2n) is 11.3. The van der Waals surface area contributed by atoms with Crippen molar-refractivity contribution in [2.24, 2.45) is 5.92 Å². The molecule has 0 aliphatic carbocycles. The monoisotopic (exact) mass is 580 g/mol. The summed E-state index contributed by atoms with van der Waals surface area (Å²) < 4.78 is 7.81. The number of imidazole rings is 1. The molecule has 42 heavy (non-hydrogen) atoms. The van der Waals surface area contributed by atoms with Gasteiger partial charge in [0, 0.05) is 64.6 Å². The van der Waals surface area contributed by atoms with Gasteiger partial charge < -0.3 is 24.5 Å². The van der Waals surface area contributed by atoms with Crippen LogP contribution in [-0.2, 0) is 13.1 Å². The number of amides is 1. The molecule has 11 nitrogen and oxygen atoms in total. The van der Waals surface area contributed by atoms with Gasteiger partial charge in [0.2, 0.25) is 0 Å². The highest BCUT2D eigenvalue weighted by Crippen LogP contribution is 2.25. The fourth-order valence-electron chi connectivity index (χ4n) is 6.14. The molecule has 0 radical (unpaired) electrons. The van der Waals surface area contributed by atoms with Crippen molar-refractivity contribution in [1.29, 1.82) is 0 Å². The van der Waals surface area contributed by atoms with Crippen LogP contribution in [0.5, 0.6) is 11.6 Å². The van der Waals surface area contributed by atoms with Gasteiger partial charge >= 0.3 is 11.8 Å². The highest BCUT2D eigenvalue weighted by Gasteiger charge is 2.31. The van der Waals surface area contributed by atoms with E-state index in [9.17, 15) is 14.7 Å². The molecule has 1 aromatic heterocycles. The molecule has 0 spiro atoms. The Labute approximate surface area is 247 Å². The third kappa shape index (κ3) is 6.68. The zero-order valence-corrected chi connectivity index (χ0v) is 24.9. The highest BCUT2D eigenvalue weighted by molar-refractivity contribution is 5.68. The number of carbonyl (C=O) groups is 1. The van der Waals surface area contributed by atoms with E-state index in [-0.39, 0.29) is 5.88 Å². The fraction of sp³-hybridized carbons (Fsp3) is 0.548. The Hall–Kier alpha value is -3.70. The van der Waals surface area contributed by atoms with Gasteiger partial charge in [0.1, 0.15) is 11.4 Å². The number of piperidine rings is 1. The van der Waals surface area contributed by atoms with Crippen LogP contribution in [0.15, 0.2) is 53.4 Å². The number of likely N-dealkylation sites (tertiary alicyclic amines) is 1. The molecular weight excluding hydrogens is 536 g/mol. The maximum atomic E-state index is 13.1. The molecular formula is C31H44N6O5. The summed E-state index contributed by atoms with van der Waals surface area (Å²) in [7, 11) is 0. The van der Waals surface area contributed by atoms with Crippen molar-refractivity contribution in [2.75, 3.05) is 70.4 Å². The van der Waals surface area contributed by atoms with Gasteiger partial charge in [-0.2, -0.15) is 0 Å². The molecule has 1 aromatic carbocycles. The number of aromatic nitrogens is 2. The topological polar surface area (TPSA) is 95.7 Å². The quantitative estimate of drug-likeness (QED) is 0.453. The number of carbonyl (C=O) groups excluding carboxylic acids is 1. The summed E-state index contributed by atoms with van der Waals surface area (Å²) in [5.41, 5.74) is 2.31. The smallest absolute Gasteiger partial charge is 0.434 e. The van der Waals surface area contributed by atoms with Gasteiger partial charge in [0.25, 0.3) is 5.88 Å². The molecule has 1 amide bonds. The van der Waals surface area contributed by atoms with Gasteiger partial charge in [-0.25, -0.2) is 9.59 Å². The largest absolute Gasteiger partial charge is 0.494 e. The standard InChI is InChI=1S/C31H44N6O5/c1-4-24(5-2)21-32-13-11-25(12-14-32)22-33-15-20-36-28(23-33)29(38)37(30(36)39)42-31(40)35-18-16-34(17-19-35)26-7-9-27(10-8-26)41-6-3/h4-5,7-10,25,38H,1,6,11-23H2,2-3H3. The number of aromatic hydroxyl groups is 1. The Balaban J connectivity index is 1.13. The summed E-state index contributed by atoms with van der Waals surface area (Å²) in [4.78, 5) is 40.0. The number of fused-ring (bicyclic) bond motifs is 1. The molecule has 11 heteroatoms. The van der Waals surface area contributed by atoms with Crippen LogP contribution in [0.2, 0.25) is 0 Å². The SMILES string of the molecule is C=CC(=CC)CN1CCC(CN2CCn3c(c(O)n(OC(=O)N4CCN(c5ccc(OCC)cc5)CC4)c3=O)C2)CC1. The Morgan fingerprint density at radius 3 is 2.38 bits per heavy atom. The van der Waals surface area contributed by atoms with E-state index in [1.807, 2.05) is 37.3 Å². The molecule has 2 saturated heterocycles. The summed E-state index contributed by atoms with van der Waals surface area (Å²) in [5, 5.41) is 10.9. The fourth-order valence-corrected chi connectivity index (χ4v) is 6.14. The number of ether oxygens (including phenoxy) is 1. The van der Waals surface area contributed by atoms with Gasteiger partial charge in [-0.05, 0) is 75.5 Å². The second kappa shape index (κ2) is 13.5. The van der Waals surface area contributed by atoms with Crippen molar-refractivity contribution >= 4 is 11.8 Å². The van der Waals surface area contributed by atoms with Crippen molar-refractivity contribution in [3.8, 4) is 11.6 Å². The molecule has 0 atom stereocenters. The van der Waals surface area contributed by atoms with Crippen LogP contribution < -0.4 is 20.2 Å². The number of benzene rings is 1. The van der Waals surface area contributed by atoms with Gasteiger partial charge in [0.05, 0.1) is 6.61 Å². The van der Waals surface area contributed by atoms with E-state index >= 15 is 0 Å². The van der Waals surface area contributed by atoms with Crippen LogP contribution in [-0.4, -0.2) is 101 Å². The number of rotatable bonds is 9. The van der Waals surface area contributed by atoms with Gasteiger partial charge in [-0.15, -0.1) is 0 Å². The van der Waals surface area contributed by atoms with Crippen molar-refractivity contribution in [3.05, 3.63) is 64.7 Å². The first-order valence-corrected chi connectivity index (χ1v) is 15.1. The maximum Gasteiger partial charge on any atom is 0.434 e. The van der Waals surface area contributed by atoms with Gasteiger partial charge in [0.15, 0.2) is 0 Å². The summed E-state index contributed by atoms with van der Waals surface area (Å²) in [6.45, 7) is 16.3. The lowest BCUT2D eigenvalue weighted by atomic mass is 9.95. The third-order valence-electron chi connectivity index (χ3n) is 8.68. The molecule has 0 bridgehead atoms. The van der Waals surface area contributed by atoms with Crippen LogP contribution in [0.4, 0.5) is 10.5 Å². The number of hydrogen-bond acceptors (Lipinski definition) is 8. The lowest BCUT2D eigenvalue weighted by Crippen LogP contribution is -2.51. The Morgan fingerprint density at radius 2 is 1.74 bits per heavy atom. The lowest BCUT2D eigenvalue weighted by molar-refractivity contribution is 0.0773. The van der Waals surface area contributed by atoms with E-state index in [0.29, 0.717) is 57.5 Å². The zero-order valence-electron chi connectivity index (χ0n) is 24.9. The number of nitrogens with zero attached hydrogens (tertiary/aromatic N) is 6. The minimum Gasteiger partial charge on any atom is -0.494 e. The van der Waals surface area contributed by atoms with Gasteiger partial charge in [-0.1, -0.05) is 23.5 Å². The first-order chi connectivity index (χ1) is 20.4. The molecule has 0 unspecified atom stereocenters. The maximum absolute atomic E-state index is 13.1. The average molecular weight is 581 g/mol. The van der Waals surface area contributed by atoms with Gasteiger partial charge in [-0.3, -0.25) is 14.4 Å². The van der Waals surface area contributed by atoms with Crippen LogP contribution in [0.25, 0.3) is 0 Å². The minimum atomic E-state index is -0.636. The molecule has 2 aromatic rings. The molecule has 2 fully saturated rings. The summed E-state index contributed by atoms with van der Waals surface area (Å²) in [6, 6.07) is 7.91. The van der Waals surface area contributed by atoms with E-state index in [0.717, 1.165) is 61.7 Å². The Morgan fingerprint density at radius 1 is 1.02 bits per heavy atom. The predicted octanol–water partition coefficient (Wildman–Crippen LogP) is 2.78. The number of piperazine rings is 1. The lowest BCUT2D eigenvalue weighted by Gasteiger charge is -2.36. The zero-order chi connectivity index (χ0) is 29.6. The molecule has 3 aliphatic rings. The minimum absolute atomic E-state index is 0.288. The number of allylic oxidation sites excluding steroid dienone is 1. The van der Waals surface area contributed by atoms with Crippen LogP contribution in [0, 0.1) is 5.92 Å². The van der Waals surface area contributed by atoms with E-state index in [1.54, 1.807) is 4.90 Å². The van der Waals surface area contributed by atoms with Crippen molar-refractivity contribution in [2.45, 2.75) is 39.8 Å². The van der Waals surface area contributed by atoms with Crippen LogP contribution in [0.3, 0.4) is 0 Å². The molecule has 4 heterocycles. The average Bonchev–Trinajstić information content (AvgIpc) is 3.25. The first-order valence-electron chi connectivity index (χ1n) is 15.1. The molecule has 1 N–H and O–H groups in total. The van der Waals surface area contributed by atoms with E-state index in [1.165, 1.54) is 10.1 Å². The molecule has 5 rings (SSSR count). The Kier molecular flexibility index (Phi) is 9.58. The van der Waals surface area contributed by atoms with Crippen LogP contribution >= 0.6 is 0 Å². The third-order valence-corrected chi connectivity index (χ3v) is 8.68. The highest BCUT2D eigenvalue weighted by atomic mass is 16.7. The number of anilines is 1. The summed E-state index contributed by atoms with van der Waals surface area (Å²) in [5.74, 6) is 1.11. The number of hydrogen-bond donors (Lipinski definition) is 1. The second-order valence-corrected chi connectivity index (χ2v) is 11.3. The van der Waals surface area contributed by atoms with Crippen LogP contribution in [0.1, 0.15) is 32.4 Å². The normalized spacial score (nSPS) is 19.0. The van der Waals surface area contributed by atoms with E-state index < -0.39 is 11.8 Å². The Bertz CT molecular complexity index is 1320. The molecule has 228 valence electrons. The first kappa shape index (κ1) is 29.8. The van der Waals surface area contributed by atoms with Crippen molar-refractivity contribution in [1.82, 2.24) is 24.0 Å². The molecule has 0 saturated carbocycles.